The number of nitrogens with zero attached hydrogens (tertiary/aromatic N) is 2. The SMILES string of the molecule is COc1ccc(Cn2c(SCC(=O)c3ccccc3)nc3ccccc3c2=O)cc1OC. The quantitative estimate of drug-likeness (QED) is 0.226. The zero-order chi connectivity index (χ0) is 22.5. The van der Waals surface area contributed by atoms with E-state index in [1.54, 1.807) is 49.1 Å². The van der Waals surface area contributed by atoms with Crippen LogP contribution in [0.3, 0.4) is 0 Å². The molecule has 3 aromatic carbocycles. The summed E-state index contributed by atoms with van der Waals surface area (Å²) in [5.41, 5.74) is 1.95. The smallest absolute Gasteiger partial charge is 0.262 e. The van der Waals surface area contributed by atoms with Gasteiger partial charge in [0, 0.05) is 5.56 Å². The molecule has 0 spiro atoms. The number of ether oxygens (including phenoxy) is 2. The highest BCUT2D eigenvalue weighted by Gasteiger charge is 2.15. The maximum absolute atomic E-state index is 13.3. The Labute approximate surface area is 189 Å². The average molecular weight is 447 g/mol. The lowest BCUT2D eigenvalue weighted by Gasteiger charge is -2.14. The summed E-state index contributed by atoms with van der Waals surface area (Å²) in [5, 5.41) is 1.03. The second kappa shape index (κ2) is 9.70. The molecule has 0 bridgehead atoms. The molecule has 6 nitrogen and oxygen atoms in total. The van der Waals surface area contributed by atoms with Gasteiger partial charge in [-0.2, -0.15) is 0 Å². The van der Waals surface area contributed by atoms with Gasteiger partial charge in [-0.3, -0.25) is 14.2 Å². The Morgan fingerprint density at radius 1 is 0.938 bits per heavy atom. The van der Waals surface area contributed by atoms with E-state index < -0.39 is 0 Å². The highest BCUT2D eigenvalue weighted by atomic mass is 32.2. The molecule has 0 atom stereocenters. The Balaban J connectivity index is 1.71. The van der Waals surface area contributed by atoms with Gasteiger partial charge in [0.05, 0.1) is 37.4 Å². The van der Waals surface area contributed by atoms with Crippen molar-refractivity contribution in [1.82, 2.24) is 9.55 Å². The fraction of sp³-hybridized carbons (Fsp3) is 0.160. The highest BCUT2D eigenvalue weighted by molar-refractivity contribution is 7.99. The second-order valence-corrected chi connectivity index (χ2v) is 8.01. The van der Waals surface area contributed by atoms with Gasteiger partial charge in [0.2, 0.25) is 0 Å². The zero-order valence-electron chi connectivity index (χ0n) is 17.8. The summed E-state index contributed by atoms with van der Waals surface area (Å²) >= 11 is 1.26. The van der Waals surface area contributed by atoms with Crippen molar-refractivity contribution < 1.29 is 14.3 Å². The molecular weight excluding hydrogens is 424 g/mol. The Kier molecular flexibility index (Phi) is 6.56. The molecule has 1 heterocycles. The van der Waals surface area contributed by atoms with Crippen LogP contribution in [0.1, 0.15) is 15.9 Å². The van der Waals surface area contributed by atoms with Gasteiger partial charge in [-0.1, -0.05) is 60.3 Å². The van der Waals surface area contributed by atoms with Crippen LogP contribution in [0.25, 0.3) is 10.9 Å². The summed E-state index contributed by atoms with van der Waals surface area (Å²) in [6.07, 6.45) is 0. The largest absolute Gasteiger partial charge is 0.493 e. The van der Waals surface area contributed by atoms with Crippen LogP contribution in [0.4, 0.5) is 0 Å². The lowest BCUT2D eigenvalue weighted by atomic mass is 10.2. The van der Waals surface area contributed by atoms with Crippen LogP contribution < -0.4 is 15.0 Å². The molecule has 0 radical (unpaired) electrons. The molecule has 0 unspecified atom stereocenters. The first-order chi connectivity index (χ1) is 15.6. The number of Topliss-reactive ketones (excluding diaryl/α,β-unsaturated/α-hetero) is 1. The monoisotopic (exact) mass is 446 g/mol. The van der Waals surface area contributed by atoms with Crippen molar-refractivity contribution in [3.8, 4) is 11.5 Å². The van der Waals surface area contributed by atoms with Gasteiger partial charge in [-0.15, -0.1) is 0 Å². The van der Waals surface area contributed by atoms with E-state index in [4.69, 9.17) is 14.5 Å². The van der Waals surface area contributed by atoms with Crippen LogP contribution in [0, 0.1) is 0 Å². The number of ketones is 1. The number of hydrogen-bond donors (Lipinski definition) is 0. The number of carbonyl (C=O) groups excluding carboxylic acids is 1. The molecule has 0 N–H and O–H groups in total. The van der Waals surface area contributed by atoms with E-state index >= 15 is 0 Å². The molecule has 0 saturated heterocycles. The van der Waals surface area contributed by atoms with Crippen molar-refractivity contribution in [3.63, 3.8) is 0 Å². The summed E-state index contributed by atoms with van der Waals surface area (Å²) in [5.74, 6) is 1.36. The minimum atomic E-state index is -0.153. The van der Waals surface area contributed by atoms with E-state index in [0.717, 1.165) is 5.56 Å². The van der Waals surface area contributed by atoms with Crippen LogP contribution in [-0.4, -0.2) is 35.3 Å². The maximum Gasteiger partial charge on any atom is 0.262 e. The molecule has 4 rings (SSSR count). The fourth-order valence-corrected chi connectivity index (χ4v) is 4.29. The van der Waals surface area contributed by atoms with Crippen LogP contribution in [-0.2, 0) is 6.54 Å². The predicted octanol–water partition coefficient (Wildman–Crippen LogP) is 4.44. The molecule has 7 heteroatoms. The number of thioether (sulfide) groups is 1. The van der Waals surface area contributed by atoms with Gasteiger partial charge >= 0.3 is 0 Å². The number of para-hydroxylation sites is 1. The summed E-state index contributed by atoms with van der Waals surface area (Å²) in [4.78, 5) is 30.6. The van der Waals surface area contributed by atoms with Gasteiger partial charge in [0.1, 0.15) is 0 Å². The summed E-state index contributed by atoms with van der Waals surface area (Å²) < 4.78 is 12.3. The standard InChI is InChI=1S/C25H22N2O4S/c1-30-22-13-12-17(14-23(22)31-2)15-27-24(29)19-10-6-7-11-20(19)26-25(27)32-16-21(28)18-8-4-3-5-9-18/h3-14H,15-16H2,1-2H3. The molecular formula is C25H22N2O4S. The Morgan fingerprint density at radius 2 is 1.66 bits per heavy atom. The van der Waals surface area contributed by atoms with E-state index in [-0.39, 0.29) is 17.1 Å². The molecule has 0 aliphatic carbocycles. The van der Waals surface area contributed by atoms with Crippen LogP contribution in [0.15, 0.2) is 82.7 Å². The lowest BCUT2D eigenvalue weighted by molar-refractivity contribution is 0.102. The summed E-state index contributed by atoms with van der Waals surface area (Å²) in [6, 6.07) is 21.9. The zero-order valence-corrected chi connectivity index (χ0v) is 18.6. The number of rotatable bonds is 8. The third-order valence-electron chi connectivity index (χ3n) is 5.04. The number of aromatic nitrogens is 2. The van der Waals surface area contributed by atoms with E-state index in [1.807, 2.05) is 42.5 Å². The number of benzene rings is 3. The van der Waals surface area contributed by atoms with Gasteiger partial charge in [0.15, 0.2) is 22.4 Å². The number of carbonyl (C=O) groups is 1. The lowest BCUT2D eigenvalue weighted by Crippen LogP contribution is -2.24. The van der Waals surface area contributed by atoms with Crippen molar-refractivity contribution in [2.45, 2.75) is 11.7 Å². The minimum absolute atomic E-state index is 0.0179. The molecule has 4 aromatic rings. The predicted molar refractivity (Wildman–Crippen MR) is 126 cm³/mol. The first kappa shape index (κ1) is 21.6. The van der Waals surface area contributed by atoms with Crippen LogP contribution in [0.5, 0.6) is 11.5 Å². The van der Waals surface area contributed by atoms with E-state index in [0.29, 0.717) is 39.7 Å². The molecule has 0 aliphatic rings. The van der Waals surface area contributed by atoms with Crippen LogP contribution >= 0.6 is 11.8 Å². The van der Waals surface area contributed by atoms with Crippen molar-refractivity contribution >= 4 is 28.4 Å². The first-order valence-corrected chi connectivity index (χ1v) is 11.0. The van der Waals surface area contributed by atoms with Crippen molar-refractivity contribution in [2.24, 2.45) is 0 Å². The third kappa shape index (κ3) is 4.53. The summed E-state index contributed by atoms with van der Waals surface area (Å²) in [7, 11) is 3.15. The van der Waals surface area contributed by atoms with Gasteiger partial charge < -0.3 is 9.47 Å². The van der Waals surface area contributed by atoms with Gasteiger partial charge in [0.25, 0.3) is 5.56 Å². The minimum Gasteiger partial charge on any atom is -0.493 e. The van der Waals surface area contributed by atoms with E-state index in [2.05, 4.69) is 0 Å². The number of methoxy groups -OCH3 is 2. The van der Waals surface area contributed by atoms with E-state index in [9.17, 15) is 9.59 Å². The van der Waals surface area contributed by atoms with Crippen molar-refractivity contribution in [2.75, 3.05) is 20.0 Å². The second-order valence-electron chi connectivity index (χ2n) is 7.07. The topological polar surface area (TPSA) is 70.4 Å². The molecule has 162 valence electrons. The first-order valence-electron chi connectivity index (χ1n) is 10.0. The Morgan fingerprint density at radius 3 is 2.41 bits per heavy atom. The van der Waals surface area contributed by atoms with Crippen molar-refractivity contribution in [1.29, 1.82) is 0 Å². The fourth-order valence-electron chi connectivity index (χ4n) is 3.40. The van der Waals surface area contributed by atoms with Crippen molar-refractivity contribution in [3.05, 3.63) is 94.3 Å². The van der Waals surface area contributed by atoms with E-state index in [1.165, 1.54) is 11.8 Å². The number of hydrogen-bond acceptors (Lipinski definition) is 6. The maximum atomic E-state index is 13.3. The normalized spacial score (nSPS) is 10.8. The highest BCUT2D eigenvalue weighted by Crippen LogP contribution is 2.28. The molecule has 0 aliphatic heterocycles. The third-order valence-corrected chi connectivity index (χ3v) is 6.02. The van der Waals surface area contributed by atoms with Crippen LogP contribution in [0.2, 0.25) is 0 Å². The van der Waals surface area contributed by atoms with Gasteiger partial charge in [-0.05, 0) is 29.8 Å². The average Bonchev–Trinajstić information content (AvgIpc) is 2.84. The van der Waals surface area contributed by atoms with Gasteiger partial charge in [-0.25, -0.2) is 4.98 Å². The molecule has 1 aromatic heterocycles. The molecule has 0 fully saturated rings. The molecule has 32 heavy (non-hydrogen) atoms. The Bertz CT molecular complexity index is 1320. The molecule has 0 saturated carbocycles. The molecule has 0 amide bonds. The summed E-state index contributed by atoms with van der Waals surface area (Å²) in [6.45, 7) is 0.291. The Hall–Kier alpha value is -3.58. The number of fused-ring (bicyclic) bond motifs is 1.